The fraction of sp³-hybridized carbons (Fsp3) is 0.700. The third-order valence-corrected chi connectivity index (χ3v) is 5.89. The van der Waals surface area contributed by atoms with Crippen LogP contribution in [-0.4, -0.2) is 5.11 Å². The minimum absolute atomic E-state index is 0.216. The molecule has 1 saturated carbocycles. The highest BCUT2D eigenvalue weighted by Crippen LogP contribution is 2.46. The van der Waals surface area contributed by atoms with E-state index < -0.39 is 0 Å². The highest BCUT2D eigenvalue weighted by atomic mass is 16.3. The van der Waals surface area contributed by atoms with Crippen LogP contribution in [0.1, 0.15) is 84.0 Å². The molecule has 1 aromatic carbocycles. The van der Waals surface area contributed by atoms with Gasteiger partial charge in [0.2, 0.25) is 0 Å². The molecule has 0 aromatic heterocycles. The lowest BCUT2D eigenvalue weighted by molar-refractivity contribution is 0.00384. The number of rotatable bonds is 4. The summed E-state index contributed by atoms with van der Waals surface area (Å²) in [5.41, 5.74) is 2.92. The molecule has 2 atom stereocenters. The van der Waals surface area contributed by atoms with Crippen molar-refractivity contribution in [3.63, 3.8) is 0 Å². The maximum atomic E-state index is 10.8. The Labute approximate surface area is 130 Å². The Kier molecular flexibility index (Phi) is 4.82. The van der Waals surface area contributed by atoms with Crippen molar-refractivity contribution in [2.24, 2.45) is 11.3 Å². The molecule has 1 heteroatoms. The van der Waals surface area contributed by atoms with Gasteiger partial charge in [-0.3, -0.25) is 0 Å². The first kappa shape index (κ1) is 16.5. The number of hydrogen-bond acceptors (Lipinski definition) is 1. The summed E-state index contributed by atoms with van der Waals surface area (Å²) in [5, 5.41) is 10.8. The van der Waals surface area contributed by atoms with Crippen LogP contribution in [0, 0.1) is 11.3 Å². The van der Waals surface area contributed by atoms with Crippen molar-refractivity contribution in [2.75, 3.05) is 0 Å². The fourth-order valence-corrected chi connectivity index (χ4v) is 3.67. The number of aliphatic hydroxyl groups excluding tert-OH is 1. The Morgan fingerprint density at radius 2 is 1.81 bits per heavy atom. The number of benzene rings is 1. The van der Waals surface area contributed by atoms with Crippen molar-refractivity contribution in [1.29, 1.82) is 0 Å². The number of aliphatic hydroxyl groups is 1. The topological polar surface area (TPSA) is 20.2 Å². The molecule has 0 radical (unpaired) electrons. The molecule has 0 saturated heterocycles. The van der Waals surface area contributed by atoms with Gasteiger partial charge < -0.3 is 5.11 Å². The van der Waals surface area contributed by atoms with Gasteiger partial charge in [-0.15, -0.1) is 0 Å². The third kappa shape index (κ3) is 3.51. The van der Waals surface area contributed by atoms with Crippen LogP contribution in [0.4, 0.5) is 0 Å². The maximum Gasteiger partial charge on any atom is 0.0823 e. The highest BCUT2D eigenvalue weighted by Gasteiger charge is 2.37. The average Bonchev–Trinajstić information content (AvgIpc) is 2.46. The maximum absolute atomic E-state index is 10.8. The van der Waals surface area contributed by atoms with Crippen molar-refractivity contribution in [3.05, 3.63) is 35.4 Å². The molecule has 1 nitrogen and oxygen atoms in total. The second kappa shape index (κ2) is 6.12. The lowest BCUT2D eigenvalue weighted by Gasteiger charge is -2.41. The summed E-state index contributed by atoms with van der Waals surface area (Å²) in [6, 6.07) is 8.69. The molecule has 0 aliphatic heterocycles. The zero-order chi connectivity index (χ0) is 15.7. The normalized spacial score (nSPS) is 23.8. The lowest BCUT2D eigenvalue weighted by atomic mass is 9.65. The lowest BCUT2D eigenvalue weighted by Crippen LogP contribution is -2.32. The fourth-order valence-electron chi connectivity index (χ4n) is 3.67. The van der Waals surface area contributed by atoms with Crippen LogP contribution in [0.3, 0.4) is 0 Å². The second-order valence-corrected chi connectivity index (χ2v) is 8.15. The van der Waals surface area contributed by atoms with Crippen molar-refractivity contribution < 1.29 is 5.11 Å². The van der Waals surface area contributed by atoms with Crippen molar-refractivity contribution in [3.8, 4) is 0 Å². The van der Waals surface area contributed by atoms with E-state index in [9.17, 15) is 5.11 Å². The van der Waals surface area contributed by atoms with Crippen LogP contribution in [0.15, 0.2) is 24.3 Å². The molecule has 0 bridgehead atoms. The molecular formula is C20H32O. The Hall–Kier alpha value is -0.820. The van der Waals surface area contributed by atoms with Crippen LogP contribution >= 0.6 is 0 Å². The van der Waals surface area contributed by atoms with Crippen molar-refractivity contribution in [2.45, 2.75) is 78.2 Å². The van der Waals surface area contributed by atoms with Gasteiger partial charge in [0.1, 0.15) is 0 Å². The number of hydrogen-bond donors (Lipinski definition) is 1. The smallest absolute Gasteiger partial charge is 0.0823 e. The van der Waals surface area contributed by atoms with E-state index in [2.05, 4.69) is 58.9 Å². The Morgan fingerprint density at radius 1 is 1.19 bits per heavy atom. The average molecular weight is 288 g/mol. The van der Waals surface area contributed by atoms with E-state index in [1.165, 1.54) is 24.8 Å². The van der Waals surface area contributed by atoms with Crippen LogP contribution < -0.4 is 0 Å². The zero-order valence-corrected chi connectivity index (χ0v) is 14.4. The molecule has 1 fully saturated rings. The van der Waals surface area contributed by atoms with Gasteiger partial charge in [0.25, 0.3) is 0 Å². The minimum atomic E-state index is -0.320. The van der Waals surface area contributed by atoms with E-state index in [1.807, 2.05) is 0 Å². The van der Waals surface area contributed by atoms with Gasteiger partial charge in [0.05, 0.1) is 6.10 Å². The molecular weight excluding hydrogens is 256 g/mol. The molecule has 2 unspecified atom stereocenters. The van der Waals surface area contributed by atoms with E-state index in [-0.39, 0.29) is 16.9 Å². The van der Waals surface area contributed by atoms with Crippen molar-refractivity contribution >= 4 is 0 Å². The third-order valence-electron chi connectivity index (χ3n) is 5.89. The molecule has 0 heterocycles. The first-order valence-electron chi connectivity index (χ1n) is 8.56. The highest BCUT2D eigenvalue weighted by molar-refractivity contribution is 5.29. The molecule has 21 heavy (non-hydrogen) atoms. The molecule has 118 valence electrons. The second-order valence-electron chi connectivity index (χ2n) is 8.15. The first-order valence-corrected chi connectivity index (χ1v) is 8.56. The van der Waals surface area contributed by atoms with Gasteiger partial charge >= 0.3 is 0 Å². The van der Waals surface area contributed by atoms with Gasteiger partial charge in [-0.25, -0.2) is 0 Å². The first-order chi connectivity index (χ1) is 9.78. The monoisotopic (exact) mass is 288 g/mol. The molecule has 1 N–H and O–H groups in total. The minimum Gasteiger partial charge on any atom is -0.388 e. The summed E-state index contributed by atoms with van der Waals surface area (Å²) in [6.07, 6.45) is 5.75. The summed E-state index contributed by atoms with van der Waals surface area (Å²) < 4.78 is 0. The molecule has 1 aromatic rings. The van der Waals surface area contributed by atoms with Gasteiger partial charge in [0.15, 0.2) is 0 Å². The summed E-state index contributed by atoms with van der Waals surface area (Å²) >= 11 is 0. The van der Waals surface area contributed by atoms with E-state index >= 15 is 0 Å². The molecule has 0 spiro atoms. The summed E-state index contributed by atoms with van der Waals surface area (Å²) in [5.74, 6) is 0.385. The Balaban J connectivity index is 2.18. The van der Waals surface area contributed by atoms with Gasteiger partial charge in [-0.1, -0.05) is 71.7 Å². The standard InChI is InChI=1S/C20H32O/c1-6-19(2,3)16-12-10-15(11-13-16)18(21)17-9-7-8-14-20(17,4)5/h10-13,17-18,21H,6-9,14H2,1-5H3. The largest absolute Gasteiger partial charge is 0.388 e. The van der Waals surface area contributed by atoms with Gasteiger partial charge in [-0.05, 0) is 47.1 Å². The van der Waals surface area contributed by atoms with E-state index in [1.54, 1.807) is 0 Å². The van der Waals surface area contributed by atoms with Crippen LogP contribution in [0.5, 0.6) is 0 Å². The van der Waals surface area contributed by atoms with Crippen LogP contribution in [-0.2, 0) is 5.41 Å². The zero-order valence-electron chi connectivity index (χ0n) is 14.4. The van der Waals surface area contributed by atoms with Gasteiger partial charge in [0, 0.05) is 0 Å². The molecule has 1 aliphatic rings. The van der Waals surface area contributed by atoms with E-state index in [0.29, 0.717) is 5.92 Å². The SMILES string of the molecule is CCC(C)(C)c1ccc(C(O)C2CCCCC2(C)C)cc1. The molecule has 2 rings (SSSR count). The van der Waals surface area contributed by atoms with Gasteiger partial charge in [-0.2, -0.15) is 0 Å². The van der Waals surface area contributed by atoms with E-state index in [4.69, 9.17) is 0 Å². The van der Waals surface area contributed by atoms with E-state index in [0.717, 1.165) is 18.4 Å². The summed E-state index contributed by atoms with van der Waals surface area (Å²) in [6.45, 7) is 11.4. The van der Waals surface area contributed by atoms with Crippen LogP contribution in [0.2, 0.25) is 0 Å². The predicted molar refractivity (Wildman–Crippen MR) is 90.5 cm³/mol. The predicted octanol–water partition coefficient (Wildman–Crippen LogP) is 5.62. The molecule has 0 amide bonds. The summed E-state index contributed by atoms with van der Waals surface area (Å²) in [7, 11) is 0. The molecule has 1 aliphatic carbocycles. The summed E-state index contributed by atoms with van der Waals surface area (Å²) in [4.78, 5) is 0. The quantitative estimate of drug-likeness (QED) is 0.762. The van der Waals surface area contributed by atoms with Crippen LogP contribution in [0.25, 0.3) is 0 Å². The Morgan fingerprint density at radius 3 is 2.33 bits per heavy atom. The Bertz CT molecular complexity index is 455. The van der Waals surface area contributed by atoms with Crippen molar-refractivity contribution in [1.82, 2.24) is 0 Å².